The van der Waals surface area contributed by atoms with E-state index in [0.717, 1.165) is 10.7 Å². The number of aromatic nitrogens is 2. The van der Waals surface area contributed by atoms with Gasteiger partial charge in [-0.15, -0.1) is 5.10 Å². The van der Waals surface area contributed by atoms with Crippen molar-refractivity contribution >= 4 is 28.7 Å². The highest BCUT2D eigenvalue weighted by Crippen LogP contribution is 2.12. The molecule has 0 aliphatic heterocycles. The van der Waals surface area contributed by atoms with E-state index in [0.29, 0.717) is 10.5 Å². The lowest BCUT2D eigenvalue weighted by molar-refractivity contribution is 0.564. The SMILES string of the molecule is S=c1[nH]nc(NCc2ccoc2)s1. The Balaban J connectivity index is 1.97. The Bertz CT molecular complexity index is 417. The van der Waals surface area contributed by atoms with E-state index in [2.05, 4.69) is 15.5 Å². The van der Waals surface area contributed by atoms with Crippen molar-refractivity contribution in [3.8, 4) is 0 Å². The maximum atomic E-state index is 4.92. The first-order chi connectivity index (χ1) is 6.34. The monoisotopic (exact) mass is 213 g/mol. The van der Waals surface area contributed by atoms with Crippen molar-refractivity contribution in [2.24, 2.45) is 0 Å². The fourth-order valence-electron chi connectivity index (χ4n) is 0.876. The van der Waals surface area contributed by atoms with Crippen molar-refractivity contribution in [3.05, 3.63) is 28.1 Å². The number of aromatic amines is 1. The first kappa shape index (κ1) is 8.46. The molecule has 0 fully saturated rings. The first-order valence-corrected chi connectivity index (χ1v) is 4.87. The van der Waals surface area contributed by atoms with Crippen LogP contribution in [0, 0.1) is 3.95 Å². The molecule has 6 heteroatoms. The molecule has 0 radical (unpaired) electrons. The zero-order valence-corrected chi connectivity index (χ0v) is 8.24. The predicted molar refractivity (Wildman–Crippen MR) is 53.3 cm³/mol. The quantitative estimate of drug-likeness (QED) is 0.769. The lowest BCUT2D eigenvalue weighted by Gasteiger charge is -1.96. The van der Waals surface area contributed by atoms with Gasteiger partial charge in [-0.3, -0.25) is 5.10 Å². The molecule has 2 rings (SSSR count). The molecule has 0 saturated carbocycles. The molecular formula is C7H7N3OS2. The summed E-state index contributed by atoms with van der Waals surface area (Å²) >= 11 is 6.31. The van der Waals surface area contributed by atoms with Crippen LogP contribution in [0.2, 0.25) is 0 Å². The molecule has 0 bridgehead atoms. The van der Waals surface area contributed by atoms with Crippen molar-refractivity contribution in [3.63, 3.8) is 0 Å². The Morgan fingerprint density at radius 2 is 2.62 bits per heavy atom. The van der Waals surface area contributed by atoms with Crippen LogP contribution in [0.1, 0.15) is 5.56 Å². The summed E-state index contributed by atoms with van der Waals surface area (Å²) in [6.07, 6.45) is 3.34. The summed E-state index contributed by atoms with van der Waals surface area (Å²) in [7, 11) is 0. The van der Waals surface area contributed by atoms with Crippen LogP contribution >= 0.6 is 23.6 Å². The second-order valence-corrected chi connectivity index (χ2v) is 4.07. The summed E-state index contributed by atoms with van der Waals surface area (Å²) in [5.41, 5.74) is 1.08. The largest absolute Gasteiger partial charge is 0.472 e. The molecule has 68 valence electrons. The molecule has 0 saturated heterocycles. The highest BCUT2D eigenvalue weighted by atomic mass is 32.1. The van der Waals surface area contributed by atoms with Crippen molar-refractivity contribution in [1.82, 2.24) is 10.2 Å². The Kier molecular flexibility index (Phi) is 2.42. The molecule has 0 aliphatic rings. The zero-order valence-electron chi connectivity index (χ0n) is 6.61. The Morgan fingerprint density at radius 1 is 1.69 bits per heavy atom. The molecule has 0 aromatic carbocycles. The Labute approximate surface area is 83.6 Å². The third-order valence-corrected chi connectivity index (χ3v) is 2.51. The molecule has 2 aromatic rings. The molecule has 2 aromatic heterocycles. The van der Waals surface area contributed by atoms with E-state index >= 15 is 0 Å². The number of hydrogen-bond acceptors (Lipinski definition) is 5. The molecular weight excluding hydrogens is 206 g/mol. The lowest BCUT2D eigenvalue weighted by atomic mass is 10.3. The van der Waals surface area contributed by atoms with Crippen LogP contribution in [0.5, 0.6) is 0 Å². The number of H-pyrrole nitrogens is 1. The molecule has 0 aliphatic carbocycles. The summed E-state index contributed by atoms with van der Waals surface area (Å²) in [5, 5.41) is 10.6. The molecule has 0 spiro atoms. The normalized spacial score (nSPS) is 10.2. The molecule has 2 heterocycles. The molecule has 2 N–H and O–H groups in total. The summed E-state index contributed by atoms with van der Waals surface area (Å²) in [5.74, 6) is 0. The van der Waals surface area contributed by atoms with Gasteiger partial charge in [0.1, 0.15) is 0 Å². The second kappa shape index (κ2) is 3.71. The summed E-state index contributed by atoms with van der Waals surface area (Å²) < 4.78 is 5.60. The van der Waals surface area contributed by atoms with Crippen LogP contribution in [0.25, 0.3) is 0 Å². The Hall–Kier alpha value is -1.14. The van der Waals surface area contributed by atoms with Crippen molar-refractivity contribution in [2.75, 3.05) is 5.32 Å². The number of rotatable bonds is 3. The summed E-state index contributed by atoms with van der Waals surface area (Å²) in [6, 6.07) is 1.90. The average molecular weight is 213 g/mol. The van der Waals surface area contributed by atoms with Gasteiger partial charge < -0.3 is 9.73 Å². The first-order valence-electron chi connectivity index (χ1n) is 3.65. The molecule has 13 heavy (non-hydrogen) atoms. The average Bonchev–Trinajstić information content (AvgIpc) is 2.71. The smallest absolute Gasteiger partial charge is 0.204 e. The topological polar surface area (TPSA) is 53.9 Å². The van der Waals surface area contributed by atoms with Crippen LogP contribution in [-0.4, -0.2) is 10.2 Å². The minimum absolute atomic E-state index is 0.676. The van der Waals surface area contributed by atoms with Crippen molar-refractivity contribution in [1.29, 1.82) is 0 Å². The number of nitrogens with one attached hydrogen (secondary N) is 2. The highest BCUT2D eigenvalue weighted by molar-refractivity contribution is 7.73. The van der Waals surface area contributed by atoms with E-state index in [9.17, 15) is 0 Å². The van der Waals surface area contributed by atoms with Crippen LogP contribution < -0.4 is 5.32 Å². The van der Waals surface area contributed by atoms with Crippen LogP contribution in [0.4, 0.5) is 5.13 Å². The summed E-state index contributed by atoms with van der Waals surface area (Å²) in [6.45, 7) is 0.701. The van der Waals surface area contributed by atoms with E-state index in [1.54, 1.807) is 12.5 Å². The van der Waals surface area contributed by atoms with Gasteiger partial charge in [-0.1, -0.05) is 11.3 Å². The zero-order chi connectivity index (χ0) is 9.10. The number of furan rings is 1. The third-order valence-electron chi connectivity index (χ3n) is 1.46. The fourth-order valence-corrected chi connectivity index (χ4v) is 1.66. The van der Waals surface area contributed by atoms with Crippen molar-refractivity contribution < 1.29 is 4.42 Å². The van der Waals surface area contributed by atoms with Gasteiger partial charge >= 0.3 is 0 Å². The van der Waals surface area contributed by atoms with Gasteiger partial charge in [-0.25, -0.2) is 0 Å². The van der Waals surface area contributed by atoms with Gasteiger partial charge in [-0.2, -0.15) is 0 Å². The second-order valence-electron chi connectivity index (χ2n) is 2.40. The van der Waals surface area contributed by atoms with Gasteiger partial charge in [0.2, 0.25) is 5.13 Å². The van der Waals surface area contributed by atoms with Gasteiger partial charge in [0.15, 0.2) is 3.95 Å². The Morgan fingerprint density at radius 3 is 3.23 bits per heavy atom. The van der Waals surface area contributed by atoms with Crippen LogP contribution in [0.3, 0.4) is 0 Å². The highest BCUT2D eigenvalue weighted by Gasteiger charge is 1.97. The molecule has 0 unspecified atom stereocenters. The van der Waals surface area contributed by atoms with Crippen LogP contribution in [-0.2, 0) is 6.54 Å². The minimum Gasteiger partial charge on any atom is -0.472 e. The number of hydrogen-bond donors (Lipinski definition) is 2. The maximum Gasteiger partial charge on any atom is 0.204 e. The number of anilines is 1. The molecule has 0 atom stereocenters. The molecule has 0 amide bonds. The standard InChI is InChI=1S/C7H7N3OS2/c12-7-10-9-6(13-7)8-3-5-1-2-11-4-5/h1-2,4H,3H2,(H,8,9)(H,10,12). The van der Waals surface area contributed by atoms with E-state index < -0.39 is 0 Å². The van der Waals surface area contributed by atoms with Crippen molar-refractivity contribution in [2.45, 2.75) is 6.54 Å². The van der Waals surface area contributed by atoms with Gasteiger partial charge in [-0.05, 0) is 18.3 Å². The van der Waals surface area contributed by atoms with E-state index in [-0.39, 0.29) is 0 Å². The fraction of sp³-hybridized carbons (Fsp3) is 0.143. The third kappa shape index (κ3) is 2.16. The van der Waals surface area contributed by atoms with E-state index in [4.69, 9.17) is 16.6 Å². The van der Waals surface area contributed by atoms with Gasteiger partial charge in [0.25, 0.3) is 0 Å². The van der Waals surface area contributed by atoms with E-state index in [1.165, 1.54) is 11.3 Å². The van der Waals surface area contributed by atoms with Crippen LogP contribution in [0.15, 0.2) is 23.0 Å². The van der Waals surface area contributed by atoms with Gasteiger partial charge in [0.05, 0.1) is 12.5 Å². The minimum atomic E-state index is 0.676. The number of nitrogens with zero attached hydrogens (tertiary/aromatic N) is 1. The van der Waals surface area contributed by atoms with Gasteiger partial charge in [0, 0.05) is 12.1 Å². The predicted octanol–water partition coefficient (Wildman–Crippen LogP) is 2.41. The van der Waals surface area contributed by atoms with E-state index in [1.807, 2.05) is 6.07 Å². The lowest BCUT2D eigenvalue weighted by Crippen LogP contribution is -1.96. The summed E-state index contributed by atoms with van der Waals surface area (Å²) in [4.78, 5) is 0. The molecule has 4 nitrogen and oxygen atoms in total. The maximum absolute atomic E-state index is 4.92.